The van der Waals surface area contributed by atoms with Gasteiger partial charge in [0.1, 0.15) is 17.7 Å². The van der Waals surface area contributed by atoms with E-state index >= 15 is 0 Å². The van der Waals surface area contributed by atoms with Crippen molar-refractivity contribution in [3.8, 4) is 0 Å². The van der Waals surface area contributed by atoms with Gasteiger partial charge in [0.15, 0.2) is 0 Å². The zero-order valence-electron chi connectivity index (χ0n) is 22.6. The molecular weight excluding hydrogens is 482 g/mol. The summed E-state index contributed by atoms with van der Waals surface area (Å²) in [4.78, 5) is 52.8. The van der Waals surface area contributed by atoms with Crippen molar-refractivity contribution in [2.24, 2.45) is 0 Å². The molecule has 3 amide bonds. The SMILES string of the molecule is CCOC(=O)CCNC(=O)C(c1cc(C)cc(C)c1)N(C(=O)C(CS)NC(=O)OC(C)(C)C)C(C)C. The number of esters is 1. The van der Waals surface area contributed by atoms with Crippen LogP contribution in [0, 0.1) is 13.8 Å². The van der Waals surface area contributed by atoms with Crippen molar-refractivity contribution in [2.45, 2.75) is 85.5 Å². The summed E-state index contributed by atoms with van der Waals surface area (Å²) in [6.07, 6.45) is -0.741. The number of benzene rings is 1. The first-order valence-electron chi connectivity index (χ1n) is 12.1. The lowest BCUT2D eigenvalue weighted by molar-refractivity contribution is -0.145. The largest absolute Gasteiger partial charge is 0.466 e. The Morgan fingerprint density at radius 1 is 1.06 bits per heavy atom. The molecule has 1 aromatic carbocycles. The highest BCUT2D eigenvalue weighted by Gasteiger charge is 2.37. The van der Waals surface area contributed by atoms with Crippen LogP contribution in [0.3, 0.4) is 0 Å². The highest BCUT2D eigenvalue weighted by molar-refractivity contribution is 7.80. The van der Waals surface area contributed by atoms with Gasteiger partial charge >= 0.3 is 12.1 Å². The summed E-state index contributed by atoms with van der Waals surface area (Å²) >= 11 is 4.27. The lowest BCUT2D eigenvalue weighted by Crippen LogP contribution is -2.55. The maximum Gasteiger partial charge on any atom is 0.408 e. The summed E-state index contributed by atoms with van der Waals surface area (Å²) in [5.74, 6) is -1.34. The molecular formula is C26H41N3O6S. The van der Waals surface area contributed by atoms with Crippen LogP contribution in [-0.4, -0.2) is 65.4 Å². The Kier molecular flexibility index (Phi) is 12.3. The van der Waals surface area contributed by atoms with E-state index in [9.17, 15) is 19.2 Å². The second-order valence-electron chi connectivity index (χ2n) is 9.89. The van der Waals surface area contributed by atoms with Crippen LogP contribution in [0.1, 0.15) is 70.7 Å². The van der Waals surface area contributed by atoms with Crippen molar-refractivity contribution >= 4 is 36.5 Å². The summed E-state index contributed by atoms with van der Waals surface area (Å²) in [6.45, 7) is 14.6. The molecule has 2 atom stereocenters. The maximum atomic E-state index is 13.7. The van der Waals surface area contributed by atoms with Crippen LogP contribution in [0.5, 0.6) is 0 Å². The van der Waals surface area contributed by atoms with E-state index in [4.69, 9.17) is 9.47 Å². The molecule has 0 saturated carbocycles. The number of alkyl carbamates (subject to hydrolysis) is 1. The minimum Gasteiger partial charge on any atom is -0.466 e. The molecule has 1 rings (SSSR count). The molecule has 0 bridgehead atoms. The van der Waals surface area contributed by atoms with Crippen molar-refractivity contribution in [2.75, 3.05) is 18.9 Å². The van der Waals surface area contributed by atoms with E-state index in [1.807, 2.05) is 32.0 Å². The molecule has 0 aromatic heterocycles. The second-order valence-corrected chi connectivity index (χ2v) is 10.3. The summed E-state index contributed by atoms with van der Waals surface area (Å²) in [5, 5.41) is 5.34. The second kappa shape index (κ2) is 14.1. The number of aryl methyl sites for hydroxylation is 2. The Labute approximate surface area is 220 Å². The maximum absolute atomic E-state index is 13.7. The molecule has 202 valence electrons. The number of nitrogens with zero attached hydrogens (tertiary/aromatic N) is 1. The van der Waals surface area contributed by atoms with Crippen LogP contribution in [0.15, 0.2) is 18.2 Å². The number of amides is 3. The minimum absolute atomic E-state index is 0.00530. The first kappa shape index (κ1) is 31.3. The Morgan fingerprint density at radius 2 is 1.64 bits per heavy atom. The molecule has 10 heteroatoms. The highest BCUT2D eigenvalue weighted by Crippen LogP contribution is 2.27. The quantitative estimate of drug-likeness (QED) is 0.302. The molecule has 0 heterocycles. The van der Waals surface area contributed by atoms with Gasteiger partial charge in [-0.3, -0.25) is 14.4 Å². The standard InChI is InChI=1S/C26H41N3O6S/c1-9-34-21(30)10-11-27-23(31)22(19-13-17(4)12-18(5)14-19)29(16(2)3)24(32)20(15-36)28-25(33)35-26(6,7)8/h12-14,16,20,22,36H,9-11,15H2,1-8H3,(H,27,31)(H,28,33). The fraction of sp³-hybridized carbons (Fsp3) is 0.615. The normalized spacial score (nSPS) is 12.9. The number of nitrogens with one attached hydrogen (secondary N) is 2. The van der Waals surface area contributed by atoms with Crippen molar-refractivity contribution in [1.29, 1.82) is 0 Å². The zero-order chi connectivity index (χ0) is 27.6. The molecule has 0 saturated heterocycles. The molecule has 0 spiro atoms. The van der Waals surface area contributed by atoms with Crippen LogP contribution in [-0.2, 0) is 23.9 Å². The topological polar surface area (TPSA) is 114 Å². The van der Waals surface area contributed by atoms with Gasteiger partial charge in [0.05, 0.1) is 13.0 Å². The van der Waals surface area contributed by atoms with Gasteiger partial charge < -0.3 is 25.0 Å². The molecule has 0 aliphatic carbocycles. The number of thiol groups is 1. The van der Waals surface area contributed by atoms with Gasteiger partial charge in [-0.05, 0) is 61.0 Å². The van der Waals surface area contributed by atoms with Gasteiger partial charge in [0.25, 0.3) is 0 Å². The molecule has 0 aliphatic rings. The average molecular weight is 524 g/mol. The number of carbonyl (C=O) groups excluding carboxylic acids is 4. The molecule has 36 heavy (non-hydrogen) atoms. The van der Waals surface area contributed by atoms with E-state index in [2.05, 4.69) is 23.3 Å². The third-order valence-electron chi connectivity index (χ3n) is 5.00. The lowest BCUT2D eigenvalue weighted by Gasteiger charge is -2.37. The van der Waals surface area contributed by atoms with Crippen LogP contribution in [0.25, 0.3) is 0 Å². The third-order valence-corrected chi connectivity index (χ3v) is 5.37. The Hall–Kier alpha value is -2.75. The van der Waals surface area contributed by atoms with Gasteiger partial charge in [-0.2, -0.15) is 12.6 Å². The number of hydrogen-bond donors (Lipinski definition) is 3. The molecule has 0 radical (unpaired) electrons. The smallest absolute Gasteiger partial charge is 0.408 e. The first-order valence-corrected chi connectivity index (χ1v) is 12.8. The number of ether oxygens (including phenoxy) is 2. The van der Waals surface area contributed by atoms with Crippen LogP contribution in [0.2, 0.25) is 0 Å². The number of carbonyl (C=O) groups is 4. The fourth-order valence-corrected chi connectivity index (χ4v) is 3.97. The number of rotatable bonds is 11. The predicted molar refractivity (Wildman–Crippen MR) is 142 cm³/mol. The fourth-order valence-electron chi connectivity index (χ4n) is 3.72. The molecule has 1 aromatic rings. The van der Waals surface area contributed by atoms with Gasteiger partial charge in [-0.15, -0.1) is 0 Å². The van der Waals surface area contributed by atoms with E-state index in [-0.39, 0.29) is 25.3 Å². The third kappa shape index (κ3) is 10.1. The van der Waals surface area contributed by atoms with Gasteiger partial charge in [-0.25, -0.2) is 4.79 Å². The highest BCUT2D eigenvalue weighted by atomic mass is 32.1. The zero-order valence-corrected chi connectivity index (χ0v) is 23.5. The van der Waals surface area contributed by atoms with Crippen LogP contribution >= 0.6 is 12.6 Å². The Bertz CT molecular complexity index is 908. The van der Waals surface area contributed by atoms with Gasteiger partial charge in [0, 0.05) is 18.3 Å². The summed E-state index contributed by atoms with van der Waals surface area (Å²) in [7, 11) is 0. The van der Waals surface area contributed by atoms with E-state index in [0.29, 0.717) is 5.56 Å². The first-order chi connectivity index (χ1) is 16.7. The summed E-state index contributed by atoms with van der Waals surface area (Å²) < 4.78 is 10.2. The molecule has 0 fully saturated rings. The number of hydrogen-bond acceptors (Lipinski definition) is 7. The summed E-state index contributed by atoms with van der Waals surface area (Å²) in [6, 6.07) is 3.25. The van der Waals surface area contributed by atoms with E-state index in [1.54, 1.807) is 41.5 Å². The Morgan fingerprint density at radius 3 is 2.11 bits per heavy atom. The predicted octanol–water partition coefficient (Wildman–Crippen LogP) is 3.47. The van der Waals surface area contributed by atoms with Crippen molar-refractivity contribution in [3.05, 3.63) is 34.9 Å². The van der Waals surface area contributed by atoms with E-state index in [1.165, 1.54) is 4.90 Å². The minimum atomic E-state index is -1.02. The van der Waals surface area contributed by atoms with Crippen LogP contribution in [0.4, 0.5) is 4.79 Å². The Balaban J connectivity index is 3.34. The molecule has 2 unspecified atom stereocenters. The monoisotopic (exact) mass is 523 g/mol. The van der Waals surface area contributed by atoms with E-state index < -0.39 is 47.6 Å². The van der Waals surface area contributed by atoms with Crippen molar-refractivity contribution in [1.82, 2.24) is 15.5 Å². The average Bonchev–Trinajstić information content (AvgIpc) is 2.73. The lowest BCUT2D eigenvalue weighted by atomic mass is 9.97. The van der Waals surface area contributed by atoms with Gasteiger partial charge in [0.2, 0.25) is 11.8 Å². The molecule has 9 nitrogen and oxygen atoms in total. The summed E-state index contributed by atoms with van der Waals surface area (Å²) in [5.41, 5.74) is 1.75. The van der Waals surface area contributed by atoms with Crippen molar-refractivity contribution in [3.63, 3.8) is 0 Å². The van der Waals surface area contributed by atoms with Crippen LogP contribution < -0.4 is 10.6 Å². The van der Waals surface area contributed by atoms with Crippen molar-refractivity contribution < 1.29 is 28.7 Å². The van der Waals surface area contributed by atoms with Gasteiger partial charge in [-0.1, -0.05) is 29.3 Å². The van der Waals surface area contributed by atoms with E-state index in [0.717, 1.165) is 11.1 Å². The molecule has 2 N–H and O–H groups in total. The molecule has 0 aliphatic heterocycles.